The van der Waals surface area contributed by atoms with Crippen LogP contribution in [0.1, 0.15) is 0 Å². The highest BCUT2D eigenvalue weighted by molar-refractivity contribution is 7.25. The van der Waals surface area contributed by atoms with Gasteiger partial charge in [-0.1, -0.05) is 164 Å². The Morgan fingerprint density at radius 3 is 1.51 bits per heavy atom. The zero-order valence-corrected chi connectivity index (χ0v) is 31.8. The first-order chi connectivity index (χ1) is 28.3. The summed E-state index contributed by atoms with van der Waals surface area (Å²) in [6, 6.07) is 76.2. The smallest absolute Gasteiger partial charge is 0.159 e. The third-order valence-corrected chi connectivity index (χ3v) is 12.3. The van der Waals surface area contributed by atoms with Crippen LogP contribution < -0.4 is 4.90 Å². The highest BCUT2D eigenvalue weighted by Crippen LogP contribution is 2.45. The van der Waals surface area contributed by atoms with Gasteiger partial charge >= 0.3 is 0 Å². The molecule has 0 saturated carbocycles. The first kappa shape index (κ1) is 33.2. The van der Waals surface area contributed by atoms with Gasteiger partial charge in [-0.2, -0.15) is 0 Å². The summed E-state index contributed by atoms with van der Waals surface area (Å²) in [6.07, 6.45) is 0. The van der Waals surface area contributed by atoms with E-state index in [0.717, 1.165) is 50.1 Å². The van der Waals surface area contributed by atoms with Gasteiger partial charge in [-0.3, -0.25) is 0 Å². The highest BCUT2D eigenvalue weighted by atomic mass is 32.1. The van der Waals surface area contributed by atoms with Crippen molar-refractivity contribution < 1.29 is 4.42 Å². The Kier molecular flexibility index (Phi) is 8.04. The highest BCUT2D eigenvalue weighted by Gasteiger charge is 2.21. The minimum Gasteiger partial charge on any atom is -0.453 e. The molecule has 268 valence electrons. The van der Waals surface area contributed by atoms with Crippen LogP contribution in [0.2, 0.25) is 0 Å². The molecule has 9 aromatic carbocycles. The molecular formula is C54H35NOS. The van der Waals surface area contributed by atoms with Crippen molar-refractivity contribution in [2.45, 2.75) is 0 Å². The van der Waals surface area contributed by atoms with E-state index in [1.54, 1.807) is 0 Å². The number of hydrogen-bond donors (Lipinski definition) is 0. The van der Waals surface area contributed by atoms with Gasteiger partial charge in [0.25, 0.3) is 0 Å². The summed E-state index contributed by atoms with van der Waals surface area (Å²) >= 11 is 1.85. The molecule has 57 heavy (non-hydrogen) atoms. The molecule has 0 N–H and O–H groups in total. The topological polar surface area (TPSA) is 16.4 Å². The van der Waals surface area contributed by atoms with Crippen molar-refractivity contribution in [1.82, 2.24) is 0 Å². The summed E-state index contributed by atoms with van der Waals surface area (Å²) in [7, 11) is 0. The van der Waals surface area contributed by atoms with E-state index in [1.165, 1.54) is 53.6 Å². The van der Waals surface area contributed by atoms with E-state index in [0.29, 0.717) is 0 Å². The molecule has 0 spiro atoms. The molecule has 11 rings (SSSR count). The second-order valence-corrected chi connectivity index (χ2v) is 15.5. The molecule has 0 atom stereocenters. The number of nitrogens with zero attached hydrogens (tertiary/aromatic N) is 1. The van der Waals surface area contributed by atoms with Gasteiger partial charge in [0.1, 0.15) is 5.58 Å². The lowest BCUT2D eigenvalue weighted by Gasteiger charge is -2.26. The zero-order valence-electron chi connectivity index (χ0n) is 31.0. The minimum absolute atomic E-state index is 0.855. The fourth-order valence-corrected chi connectivity index (χ4v) is 9.44. The van der Waals surface area contributed by atoms with Crippen molar-refractivity contribution in [2.24, 2.45) is 0 Å². The maximum absolute atomic E-state index is 6.97. The van der Waals surface area contributed by atoms with E-state index in [9.17, 15) is 0 Å². The van der Waals surface area contributed by atoms with Gasteiger partial charge < -0.3 is 9.32 Å². The molecule has 0 fully saturated rings. The molecule has 2 heterocycles. The summed E-state index contributed by atoms with van der Waals surface area (Å²) < 4.78 is 9.60. The second kappa shape index (κ2) is 13.8. The van der Waals surface area contributed by atoms with Gasteiger partial charge in [0.05, 0.1) is 5.69 Å². The standard InChI is InChI=1S/C54H35NOS/c1-3-13-37(14-4-1)43-17-7-8-18-44(43)39-27-32-42(33-28-39)55(41-30-25-36(26-31-41)40-29-34-52-49(35-40)46-19-9-10-24-51(46)57-52)50-23-12-22-48-47-21-11-20-45(53(47)56-54(48)50)38-15-5-2-6-16-38/h1-35H. The minimum atomic E-state index is 0.855. The molecule has 0 aliphatic carbocycles. The quantitative estimate of drug-likeness (QED) is 0.162. The Morgan fingerprint density at radius 1 is 0.316 bits per heavy atom. The van der Waals surface area contributed by atoms with Crippen molar-refractivity contribution in [2.75, 3.05) is 4.90 Å². The van der Waals surface area contributed by atoms with Crippen LogP contribution in [0.15, 0.2) is 217 Å². The van der Waals surface area contributed by atoms with Crippen molar-refractivity contribution in [1.29, 1.82) is 0 Å². The number of hydrogen-bond acceptors (Lipinski definition) is 3. The van der Waals surface area contributed by atoms with Crippen molar-refractivity contribution in [3.63, 3.8) is 0 Å². The fourth-order valence-electron chi connectivity index (χ4n) is 8.36. The lowest BCUT2D eigenvalue weighted by molar-refractivity contribution is 0.670. The Morgan fingerprint density at radius 2 is 0.807 bits per heavy atom. The lowest BCUT2D eigenvalue weighted by atomic mass is 9.94. The number of fused-ring (bicyclic) bond motifs is 6. The van der Waals surface area contributed by atoms with Crippen LogP contribution in [0.5, 0.6) is 0 Å². The molecular weight excluding hydrogens is 711 g/mol. The van der Waals surface area contributed by atoms with E-state index >= 15 is 0 Å². The lowest BCUT2D eigenvalue weighted by Crippen LogP contribution is -2.10. The summed E-state index contributed by atoms with van der Waals surface area (Å²) in [6.45, 7) is 0. The Labute approximate surface area is 335 Å². The van der Waals surface area contributed by atoms with E-state index < -0.39 is 0 Å². The van der Waals surface area contributed by atoms with Crippen LogP contribution in [-0.2, 0) is 0 Å². The molecule has 0 aliphatic heterocycles. The predicted octanol–water partition coefficient (Wildman–Crippen LogP) is 16.1. The van der Waals surface area contributed by atoms with E-state index in [-0.39, 0.29) is 0 Å². The van der Waals surface area contributed by atoms with Gasteiger partial charge in [-0.25, -0.2) is 0 Å². The third kappa shape index (κ3) is 5.80. The average Bonchev–Trinajstić information content (AvgIpc) is 3.86. The third-order valence-electron chi connectivity index (χ3n) is 11.1. The van der Waals surface area contributed by atoms with Crippen LogP contribution in [0.4, 0.5) is 17.1 Å². The van der Waals surface area contributed by atoms with Crippen molar-refractivity contribution in [3.05, 3.63) is 212 Å². The average molecular weight is 746 g/mol. The van der Waals surface area contributed by atoms with Crippen LogP contribution in [-0.4, -0.2) is 0 Å². The molecule has 0 unspecified atom stereocenters. The molecule has 0 radical (unpaired) electrons. The Balaban J connectivity index is 1.05. The maximum atomic E-state index is 6.97. The summed E-state index contributed by atoms with van der Waals surface area (Å²) in [5, 5.41) is 4.81. The first-order valence-corrected chi connectivity index (χ1v) is 20.1. The van der Waals surface area contributed by atoms with Crippen molar-refractivity contribution >= 4 is 70.5 Å². The van der Waals surface area contributed by atoms with Crippen LogP contribution in [0.25, 0.3) is 86.6 Å². The van der Waals surface area contributed by atoms with Gasteiger partial charge in [0.2, 0.25) is 0 Å². The zero-order chi connectivity index (χ0) is 37.7. The molecule has 0 bridgehead atoms. The van der Waals surface area contributed by atoms with Crippen LogP contribution in [0, 0.1) is 0 Å². The number of rotatable bonds is 7. The number of furan rings is 1. The SMILES string of the molecule is c1ccc(-c2ccccc2-c2ccc(N(c3ccc(-c4ccc5sc6ccccc6c5c4)cc3)c3cccc4c3oc3c(-c5ccccc5)cccc34)cc2)cc1. The Hall–Kier alpha value is -7.20. The number of thiophene rings is 1. The number of benzene rings is 9. The largest absolute Gasteiger partial charge is 0.453 e. The molecule has 11 aromatic rings. The summed E-state index contributed by atoms with van der Waals surface area (Å²) in [5.41, 5.74) is 14.2. The van der Waals surface area contributed by atoms with Crippen LogP contribution in [0.3, 0.4) is 0 Å². The molecule has 0 aliphatic rings. The number of para-hydroxylation sites is 2. The van der Waals surface area contributed by atoms with Gasteiger partial charge in [0, 0.05) is 47.9 Å². The fraction of sp³-hybridized carbons (Fsp3) is 0. The molecule has 3 heteroatoms. The monoisotopic (exact) mass is 745 g/mol. The van der Waals surface area contributed by atoms with E-state index in [2.05, 4.69) is 217 Å². The molecule has 2 nitrogen and oxygen atoms in total. The Bertz CT molecular complexity index is 3210. The van der Waals surface area contributed by atoms with Crippen molar-refractivity contribution in [3.8, 4) is 44.5 Å². The maximum Gasteiger partial charge on any atom is 0.159 e. The summed E-state index contributed by atoms with van der Waals surface area (Å²) in [4.78, 5) is 2.33. The van der Waals surface area contributed by atoms with Gasteiger partial charge in [-0.15, -0.1) is 11.3 Å². The van der Waals surface area contributed by atoms with Gasteiger partial charge in [0.15, 0.2) is 5.58 Å². The van der Waals surface area contributed by atoms with Gasteiger partial charge in [-0.05, 0) is 87.5 Å². The molecule has 0 amide bonds. The number of anilines is 3. The van der Waals surface area contributed by atoms with Crippen LogP contribution >= 0.6 is 11.3 Å². The predicted molar refractivity (Wildman–Crippen MR) is 243 cm³/mol. The van der Waals surface area contributed by atoms with E-state index in [1.807, 2.05) is 11.3 Å². The first-order valence-electron chi connectivity index (χ1n) is 19.3. The normalized spacial score (nSPS) is 11.5. The second-order valence-electron chi connectivity index (χ2n) is 14.5. The van der Waals surface area contributed by atoms with E-state index in [4.69, 9.17) is 4.42 Å². The molecule has 0 saturated heterocycles. The molecule has 2 aromatic heterocycles. The summed E-state index contributed by atoms with van der Waals surface area (Å²) in [5.74, 6) is 0.